The van der Waals surface area contributed by atoms with Crippen molar-refractivity contribution >= 4 is 17.1 Å². The summed E-state index contributed by atoms with van der Waals surface area (Å²) in [6.07, 6.45) is 0.698. The molecule has 0 amide bonds. The molecule has 0 aliphatic carbocycles. The van der Waals surface area contributed by atoms with Gasteiger partial charge in [-0.05, 0) is 19.4 Å². The monoisotopic (exact) mass is 245 g/mol. The molecule has 1 unspecified atom stereocenters. The minimum atomic E-state index is -0.0716. The van der Waals surface area contributed by atoms with Crippen molar-refractivity contribution in [1.82, 2.24) is 4.98 Å². The molecule has 1 aromatic carbocycles. The second-order valence-corrected chi connectivity index (χ2v) is 5.20. The summed E-state index contributed by atoms with van der Waals surface area (Å²) >= 11 is 1.63. The first-order valence-electron chi connectivity index (χ1n) is 5.63. The predicted molar refractivity (Wildman–Crippen MR) is 70.4 cm³/mol. The number of ketones is 1. The number of nitrogens with zero attached hydrogens (tertiary/aromatic N) is 1. The number of hydrogen-bond donors (Lipinski definition) is 0. The first-order chi connectivity index (χ1) is 8.16. The molecule has 88 valence electrons. The molecule has 1 heterocycles. The van der Waals surface area contributed by atoms with Gasteiger partial charge in [-0.1, -0.05) is 30.3 Å². The summed E-state index contributed by atoms with van der Waals surface area (Å²) < 4.78 is 0. The topological polar surface area (TPSA) is 30.0 Å². The summed E-state index contributed by atoms with van der Waals surface area (Å²) in [7, 11) is 0. The Morgan fingerprint density at radius 2 is 2.06 bits per heavy atom. The SMILES string of the molecule is CC(=O)C(Cc1csc(C)n1)c1ccccc1. The average Bonchev–Trinajstić information content (AvgIpc) is 2.73. The van der Waals surface area contributed by atoms with Crippen molar-refractivity contribution in [2.24, 2.45) is 0 Å². The van der Waals surface area contributed by atoms with E-state index in [1.807, 2.05) is 42.6 Å². The van der Waals surface area contributed by atoms with Gasteiger partial charge in [0.05, 0.1) is 10.7 Å². The van der Waals surface area contributed by atoms with Crippen molar-refractivity contribution in [3.05, 3.63) is 52.0 Å². The summed E-state index contributed by atoms with van der Waals surface area (Å²) in [6.45, 7) is 3.64. The highest BCUT2D eigenvalue weighted by Gasteiger charge is 2.18. The Kier molecular flexibility index (Phi) is 3.69. The van der Waals surface area contributed by atoms with Crippen LogP contribution in [-0.4, -0.2) is 10.8 Å². The zero-order valence-corrected chi connectivity index (χ0v) is 10.8. The molecule has 0 aliphatic heterocycles. The number of benzene rings is 1. The third-order valence-corrected chi connectivity index (χ3v) is 3.59. The van der Waals surface area contributed by atoms with Gasteiger partial charge in [-0.25, -0.2) is 4.98 Å². The molecule has 0 aliphatic rings. The molecule has 0 N–H and O–H groups in total. The molecule has 0 bridgehead atoms. The molecule has 17 heavy (non-hydrogen) atoms. The maximum absolute atomic E-state index is 11.7. The lowest BCUT2D eigenvalue weighted by Gasteiger charge is -2.12. The highest BCUT2D eigenvalue weighted by atomic mass is 32.1. The highest BCUT2D eigenvalue weighted by Crippen LogP contribution is 2.22. The molecule has 1 atom stereocenters. The van der Waals surface area contributed by atoms with Crippen molar-refractivity contribution in [2.45, 2.75) is 26.2 Å². The van der Waals surface area contributed by atoms with Gasteiger partial charge in [0.2, 0.25) is 0 Å². The number of thiazole rings is 1. The van der Waals surface area contributed by atoms with Crippen molar-refractivity contribution in [3.8, 4) is 0 Å². The fourth-order valence-corrected chi connectivity index (χ4v) is 2.52. The molecule has 2 rings (SSSR count). The number of aryl methyl sites for hydroxylation is 1. The fraction of sp³-hybridized carbons (Fsp3) is 0.286. The normalized spacial score (nSPS) is 12.4. The van der Waals surface area contributed by atoms with E-state index in [9.17, 15) is 4.79 Å². The molecule has 0 radical (unpaired) electrons. The number of hydrogen-bond acceptors (Lipinski definition) is 3. The van der Waals surface area contributed by atoms with Crippen LogP contribution in [0.15, 0.2) is 35.7 Å². The van der Waals surface area contributed by atoms with E-state index in [1.165, 1.54) is 0 Å². The van der Waals surface area contributed by atoms with Gasteiger partial charge in [-0.2, -0.15) is 0 Å². The average molecular weight is 245 g/mol. The van der Waals surface area contributed by atoms with Crippen molar-refractivity contribution < 1.29 is 4.79 Å². The smallest absolute Gasteiger partial charge is 0.137 e. The fourth-order valence-electron chi connectivity index (χ4n) is 1.89. The minimum Gasteiger partial charge on any atom is -0.299 e. The van der Waals surface area contributed by atoms with Crippen LogP contribution in [0, 0.1) is 6.92 Å². The van der Waals surface area contributed by atoms with Gasteiger partial charge in [-0.3, -0.25) is 4.79 Å². The van der Waals surface area contributed by atoms with E-state index in [0.29, 0.717) is 6.42 Å². The first kappa shape index (κ1) is 12.0. The molecule has 0 spiro atoms. The maximum atomic E-state index is 11.7. The van der Waals surface area contributed by atoms with E-state index >= 15 is 0 Å². The Morgan fingerprint density at radius 1 is 1.35 bits per heavy atom. The van der Waals surface area contributed by atoms with Gasteiger partial charge >= 0.3 is 0 Å². The van der Waals surface area contributed by atoms with Crippen molar-refractivity contribution in [3.63, 3.8) is 0 Å². The van der Waals surface area contributed by atoms with E-state index in [4.69, 9.17) is 0 Å². The summed E-state index contributed by atoms with van der Waals surface area (Å²) in [5.74, 6) is 0.125. The number of Topliss-reactive ketones (excluding diaryl/α,β-unsaturated/α-hetero) is 1. The number of carbonyl (C=O) groups is 1. The Labute approximate surface area is 105 Å². The zero-order valence-electron chi connectivity index (χ0n) is 10.0. The van der Waals surface area contributed by atoms with Crippen molar-refractivity contribution in [2.75, 3.05) is 0 Å². The molecule has 0 fully saturated rings. The van der Waals surface area contributed by atoms with E-state index in [-0.39, 0.29) is 11.7 Å². The van der Waals surface area contributed by atoms with Crippen LogP contribution in [0.3, 0.4) is 0 Å². The van der Waals surface area contributed by atoms with E-state index in [1.54, 1.807) is 18.3 Å². The van der Waals surface area contributed by atoms with Crippen LogP contribution in [-0.2, 0) is 11.2 Å². The largest absolute Gasteiger partial charge is 0.299 e. The van der Waals surface area contributed by atoms with E-state index in [0.717, 1.165) is 16.3 Å². The highest BCUT2D eigenvalue weighted by molar-refractivity contribution is 7.09. The van der Waals surface area contributed by atoms with Gasteiger partial charge in [0, 0.05) is 17.7 Å². The van der Waals surface area contributed by atoms with Crippen LogP contribution in [0.25, 0.3) is 0 Å². The van der Waals surface area contributed by atoms with Crippen molar-refractivity contribution in [1.29, 1.82) is 0 Å². The number of aromatic nitrogens is 1. The predicted octanol–water partition coefficient (Wildman–Crippen LogP) is 3.37. The van der Waals surface area contributed by atoms with Gasteiger partial charge in [0.1, 0.15) is 5.78 Å². The Balaban J connectivity index is 2.22. The third-order valence-electron chi connectivity index (χ3n) is 2.77. The Hall–Kier alpha value is -1.48. The molecule has 3 heteroatoms. The second kappa shape index (κ2) is 5.23. The Morgan fingerprint density at radius 3 is 2.59 bits per heavy atom. The van der Waals surface area contributed by atoms with Gasteiger partial charge in [0.15, 0.2) is 0 Å². The lowest BCUT2D eigenvalue weighted by molar-refractivity contribution is -0.118. The quantitative estimate of drug-likeness (QED) is 0.826. The van der Waals surface area contributed by atoms with Crippen LogP contribution in [0.4, 0.5) is 0 Å². The Bertz CT molecular complexity index is 504. The molecule has 0 saturated carbocycles. The summed E-state index contributed by atoms with van der Waals surface area (Å²) in [4.78, 5) is 16.2. The lowest BCUT2D eigenvalue weighted by Crippen LogP contribution is -2.12. The van der Waals surface area contributed by atoms with E-state index in [2.05, 4.69) is 4.98 Å². The molecular weight excluding hydrogens is 230 g/mol. The van der Waals surface area contributed by atoms with Crippen LogP contribution < -0.4 is 0 Å². The van der Waals surface area contributed by atoms with Crippen LogP contribution in [0.5, 0.6) is 0 Å². The standard InChI is InChI=1S/C14H15NOS/c1-10(16)14(12-6-4-3-5-7-12)8-13-9-17-11(2)15-13/h3-7,9,14H,8H2,1-2H3. The zero-order chi connectivity index (χ0) is 12.3. The summed E-state index contributed by atoms with van der Waals surface area (Å²) in [5.41, 5.74) is 2.09. The van der Waals surface area contributed by atoms with Gasteiger partial charge in [-0.15, -0.1) is 11.3 Å². The number of carbonyl (C=O) groups excluding carboxylic acids is 1. The summed E-state index contributed by atoms with van der Waals surface area (Å²) in [6, 6.07) is 9.92. The summed E-state index contributed by atoms with van der Waals surface area (Å²) in [5, 5.41) is 3.09. The molecule has 2 nitrogen and oxygen atoms in total. The lowest BCUT2D eigenvalue weighted by atomic mass is 9.91. The second-order valence-electron chi connectivity index (χ2n) is 4.14. The van der Waals surface area contributed by atoms with Gasteiger partial charge in [0.25, 0.3) is 0 Å². The van der Waals surface area contributed by atoms with Gasteiger partial charge < -0.3 is 0 Å². The molecular formula is C14H15NOS. The number of rotatable bonds is 4. The first-order valence-corrected chi connectivity index (χ1v) is 6.51. The van der Waals surface area contributed by atoms with Crippen LogP contribution in [0.2, 0.25) is 0 Å². The van der Waals surface area contributed by atoms with Crippen LogP contribution in [0.1, 0.15) is 29.1 Å². The molecule has 2 aromatic rings. The van der Waals surface area contributed by atoms with E-state index < -0.39 is 0 Å². The maximum Gasteiger partial charge on any atom is 0.137 e. The molecule has 0 saturated heterocycles. The third kappa shape index (κ3) is 3.01. The van der Waals surface area contributed by atoms with Crippen LogP contribution >= 0.6 is 11.3 Å². The minimum absolute atomic E-state index is 0.0716. The molecule has 1 aromatic heterocycles.